The molecule has 1 aliphatic heterocycles. The van der Waals surface area contributed by atoms with E-state index in [9.17, 15) is 8.78 Å². The van der Waals surface area contributed by atoms with Crippen molar-refractivity contribution >= 4 is 11.8 Å². The van der Waals surface area contributed by atoms with Gasteiger partial charge in [-0.3, -0.25) is 0 Å². The van der Waals surface area contributed by atoms with Crippen molar-refractivity contribution in [3.8, 4) is 5.75 Å². The first-order valence-corrected chi connectivity index (χ1v) is 6.77. The van der Waals surface area contributed by atoms with Crippen LogP contribution < -0.4 is 10.1 Å². The Kier molecular flexibility index (Phi) is 4.62. The van der Waals surface area contributed by atoms with Crippen LogP contribution in [-0.4, -0.2) is 24.7 Å². The topological polar surface area (TPSA) is 21.3 Å². The average Bonchev–Trinajstić information content (AvgIpc) is 2.57. The highest BCUT2D eigenvalue weighted by molar-refractivity contribution is 7.99. The molecule has 0 aliphatic carbocycles. The minimum Gasteiger partial charge on any atom is -0.435 e. The predicted molar refractivity (Wildman–Crippen MR) is 65.8 cm³/mol. The number of ether oxygens (including phenoxy) is 1. The SMILES string of the molecule is FC(F)Oc1cccc(C2CSCCCN2)c1. The van der Waals surface area contributed by atoms with E-state index < -0.39 is 6.61 Å². The molecule has 1 N–H and O–H groups in total. The van der Waals surface area contributed by atoms with E-state index in [1.54, 1.807) is 18.2 Å². The van der Waals surface area contributed by atoms with Gasteiger partial charge in [0.2, 0.25) is 0 Å². The summed E-state index contributed by atoms with van der Waals surface area (Å²) in [6.07, 6.45) is 1.15. The van der Waals surface area contributed by atoms with E-state index >= 15 is 0 Å². The number of thioether (sulfide) groups is 1. The zero-order valence-corrected chi connectivity index (χ0v) is 10.2. The van der Waals surface area contributed by atoms with Gasteiger partial charge in [-0.25, -0.2) is 0 Å². The number of hydrogen-bond acceptors (Lipinski definition) is 3. The largest absolute Gasteiger partial charge is 0.435 e. The molecular weight excluding hydrogens is 244 g/mol. The Morgan fingerprint density at radius 2 is 2.29 bits per heavy atom. The van der Waals surface area contributed by atoms with Crippen LogP contribution in [0.5, 0.6) is 5.75 Å². The quantitative estimate of drug-likeness (QED) is 0.901. The fourth-order valence-corrected chi connectivity index (χ4v) is 2.89. The normalized spacial score (nSPS) is 21.2. The maximum absolute atomic E-state index is 12.1. The average molecular weight is 259 g/mol. The Labute approximate surface area is 104 Å². The molecule has 0 radical (unpaired) electrons. The summed E-state index contributed by atoms with van der Waals surface area (Å²) >= 11 is 1.89. The van der Waals surface area contributed by atoms with Crippen molar-refractivity contribution in [2.45, 2.75) is 19.1 Å². The standard InChI is InChI=1S/C12H15F2NOS/c13-12(14)16-10-4-1-3-9(7-10)11-8-17-6-2-5-15-11/h1,3-4,7,11-12,15H,2,5-6,8H2. The third-order valence-electron chi connectivity index (χ3n) is 2.63. The van der Waals surface area contributed by atoms with Crippen LogP contribution in [0.2, 0.25) is 0 Å². The maximum atomic E-state index is 12.1. The van der Waals surface area contributed by atoms with Crippen molar-refractivity contribution in [2.75, 3.05) is 18.1 Å². The highest BCUT2D eigenvalue weighted by Gasteiger charge is 2.15. The summed E-state index contributed by atoms with van der Waals surface area (Å²) < 4.78 is 28.6. The van der Waals surface area contributed by atoms with Crippen LogP contribution in [-0.2, 0) is 0 Å². The molecule has 0 amide bonds. The molecular formula is C12H15F2NOS. The summed E-state index contributed by atoms with van der Waals surface area (Å²) in [7, 11) is 0. The van der Waals surface area contributed by atoms with Gasteiger partial charge in [-0.2, -0.15) is 20.5 Å². The van der Waals surface area contributed by atoms with E-state index in [1.165, 1.54) is 0 Å². The molecule has 2 nitrogen and oxygen atoms in total. The highest BCUT2D eigenvalue weighted by Crippen LogP contribution is 2.25. The van der Waals surface area contributed by atoms with Crippen LogP contribution in [0.3, 0.4) is 0 Å². The van der Waals surface area contributed by atoms with E-state index in [0.29, 0.717) is 0 Å². The summed E-state index contributed by atoms with van der Waals surface area (Å²) in [4.78, 5) is 0. The van der Waals surface area contributed by atoms with Gasteiger partial charge in [0.1, 0.15) is 5.75 Å². The van der Waals surface area contributed by atoms with E-state index in [1.807, 2.05) is 17.8 Å². The number of hydrogen-bond donors (Lipinski definition) is 1. The molecule has 1 unspecified atom stereocenters. The van der Waals surface area contributed by atoms with Crippen molar-refractivity contribution < 1.29 is 13.5 Å². The van der Waals surface area contributed by atoms with Gasteiger partial charge < -0.3 is 10.1 Å². The molecule has 1 heterocycles. The van der Waals surface area contributed by atoms with Gasteiger partial charge in [0.15, 0.2) is 0 Å². The van der Waals surface area contributed by atoms with Crippen molar-refractivity contribution in [3.05, 3.63) is 29.8 Å². The minimum atomic E-state index is -2.76. The molecule has 1 fully saturated rings. The van der Waals surface area contributed by atoms with Gasteiger partial charge in [-0.1, -0.05) is 12.1 Å². The number of halogens is 2. The number of rotatable bonds is 3. The molecule has 0 spiro atoms. The summed E-state index contributed by atoms with van der Waals surface area (Å²) in [5, 5.41) is 3.41. The fourth-order valence-electron chi connectivity index (χ4n) is 1.83. The van der Waals surface area contributed by atoms with Crippen molar-refractivity contribution in [2.24, 2.45) is 0 Å². The smallest absolute Gasteiger partial charge is 0.387 e. The number of alkyl halides is 2. The van der Waals surface area contributed by atoms with Crippen LogP contribution in [0.4, 0.5) is 8.78 Å². The highest BCUT2D eigenvalue weighted by atomic mass is 32.2. The van der Waals surface area contributed by atoms with Crippen molar-refractivity contribution in [1.82, 2.24) is 5.32 Å². The number of benzene rings is 1. The lowest BCUT2D eigenvalue weighted by atomic mass is 10.1. The molecule has 94 valence electrons. The Morgan fingerprint density at radius 1 is 1.41 bits per heavy atom. The van der Waals surface area contributed by atoms with Gasteiger partial charge >= 0.3 is 6.61 Å². The fraction of sp³-hybridized carbons (Fsp3) is 0.500. The molecule has 1 aromatic carbocycles. The zero-order chi connectivity index (χ0) is 12.1. The molecule has 2 rings (SSSR count). The first-order valence-electron chi connectivity index (χ1n) is 5.61. The molecule has 1 atom stereocenters. The summed E-state index contributed by atoms with van der Waals surface area (Å²) in [5.41, 5.74) is 1.01. The second-order valence-electron chi connectivity index (χ2n) is 3.89. The zero-order valence-electron chi connectivity index (χ0n) is 9.36. The first-order chi connectivity index (χ1) is 8.25. The van der Waals surface area contributed by atoms with Crippen molar-refractivity contribution in [3.63, 3.8) is 0 Å². The first kappa shape index (κ1) is 12.6. The summed E-state index contributed by atoms with van der Waals surface area (Å²) in [6, 6.07) is 7.17. The summed E-state index contributed by atoms with van der Waals surface area (Å²) in [5.74, 6) is 2.35. The molecule has 0 aromatic heterocycles. The molecule has 0 bridgehead atoms. The number of nitrogens with one attached hydrogen (secondary N) is 1. The molecule has 0 saturated carbocycles. The molecule has 1 saturated heterocycles. The van der Waals surface area contributed by atoms with Crippen molar-refractivity contribution in [1.29, 1.82) is 0 Å². The monoisotopic (exact) mass is 259 g/mol. The third kappa shape index (κ3) is 3.85. The van der Waals surface area contributed by atoms with E-state index in [2.05, 4.69) is 10.1 Å². The molecule has 1 aromatic rings. The van der Waals surface area contributed by atoms with Gasteiger partial charge in [0.05, 0.1) is 0 Å². The lowest BCUT2D eigenvalue weighted by Crippen LogP contribution is -2.22. The third-order valence-corrected chi connectivity index (χ3v) is 3.77. The van der Waals surface area contributed by atoms with Crippen LogP contribution in [0.1, 0.15) is 18.0 Å². The Morgan fingerprint density at radius 3 is 3.12 bits per heavy atom. The lowest BCUT2D eigenvalue weighted by molar-refractivity contribution is -0.0499. The Balaban J connectivity index is 2.08. The van der Waals surface area contributed by atoms with Gasteiger partial charge in [0.25, 0.3) is 0 Å². The van der Waals surface area contributed by atoms with Crippen LogP contribution in [0.15, 0.2) is 24.3 Å². The summed E-state index contributed by atoms with van der Waals surface area (Å²) in [6.45, 7) is -1.79. The van der Waals surface area contributed by atoms with Gasteiger partial charge in [-0.05, 0) is 36.4 Å². The molecule has 1 aliphatic rings. The second-order valence-corrected chi connectivity index (χ2v) is 5.04. The van der Waals surface area contributed by atoms with E-state index in [4.69, 9.17) is 0 Å². The predicted octanol–water partition coefficient (Wildman–Crippen LogP) is 3.06. The second kappa shape index (κ2) is 6.21. The molecule has 17 heavy (non-hydrogen) atoms. The van der Waals surface area contributed by atoms with Gasteiger partial charge in [-0.15, -0.1) is 0 Å². The van der Waals surface area contributed by atoms with E-state index in [0.717, 1.165) is 30.0 Å². The van der Waals surface area contributed by atoms with Crippen LogP contribution >= 0.6 is 11.8 Å². The van der Waals surface area contributed by atoms with Crippen LogP contribution in [0, 0.1) is 0 Å². The van der Waals surface area contributed by atoms with Gasteiger partial charge in [0, 0.05) is 11.8 Å². The maximum Gasteiger partial charge on any atom is 0.387 e. The Bertz CT molecular complexity index is 354. The lowest BCUT2D eigenvalue weighted by Gasteiger charge is -2.16. The van der Waals surface area contributed by atoms with Crippen LogP contribution in [0.25, 0.3) is 0 Å². The molecule has 5 heteroatoms. The minimum absolute atomic E-state index is 0.226. The Hall–Kier alpha value is -0.810. The van der Waals surface area contributed by atoms with E-state index in [-0.39, 0.29) is 11.8 Å².